The highest BCUT2D eigenvalue weighted by Gasteiger charge is 2.11. The average Bonchev–Trinajstić information content (AvgIpc) is 2.63. The predicted octanol–water partition coefficient (Wildman–Crippen LogP) is 2.11. The first-order chi connectivity index (χ1) is 12.5. The van der Waals surface area contributed by atoms with E-state index in [1.54, 1.807) is 31.2 Å². The summed E-state index contributed by atoms with van der Waals surface area (Å²) in [6.45, 7) is 2.90. The van der Waals surface area contributed by atoms with Crippen molar-refractivity contribution >= 4 is 15.9 Å². The molecule has 0 unspecified atom stereocenters. The molecular formula is C19H24N2O4S. The molecule has 0 aliphatic carbocycles. The minimum Gasteiger partial charge on any atom is -0.493 e. The quantitative estimate of drug-likeness (QED) is 0.665. The third kappa shape index (κ3) is 6.50. The maximum absolute atomic E-state index is 11.9. The molecule has 0 bridgehead atoms. The van der Waals surface area contributed by atoms with E-state index in [1.165, 1.54) is 0 Å². The first-order valence-corrected chi connectivity index (χ1v) is 10.0. The molecule has 0 spiro atoms. The second-order valence-corrected chi connectivity index (χ2v) is 7.42. The van der Waals surface area contributed by atoms with Crippen molar-refractivity contribution in [2.75, 3.05) is 19.7 Å². The van der Waals surface area contributed by atoms with E-state index in [2.05, 4.69) is 10.0 Å². The largest absolute Gasteiger partial charge is 0.493 e. The summed E-state index contributed by atoms with van der Waals surface area (Å²) in [6, 6.07) is 16.0. The third-order valence-corrected chi connectivity index (χ3v) is 5.21. The fourth-order valence-electron chi connectivity index (χ4n) is 2.32. The number of carbonyl (C=O) groups is 1. The van der Waals surface area contributed by atoms with Crippen LogP contribution in [0.25, 0.3) is 0 Å². The lowest BCUT2D eigenvalue weighted by atomic mass is 10.1. The fraction of sp³-hybridized carbons (Fsp3) is 0.316. The molecule has 0 saturated heterocycles. The van der Waals surface area contributed by atoms with Gasteiger partial charge in [0.05, 0.1) is 17.9 Å². The van der Waals surface area contributed by atoms with E-state index >= 15 is 0 Å². The number of ether oxygens (including phenoxy) is 1. The zero-order chi connectivity index (χ0) is 18.8. The molecule has 0 heterocycles. The molecule has 7 heteroatoms. The molecule has 1 amide bonds. The Morgan fingerprint density at radius 3 is 2.38 bits per heavy atom. The number of nitrogens with one attached hydrogen (secondary N) is 2. The Bertz CT molecular complexity index is 790. The number of sulfonamides is 1. The van der Waals surface area contributed by atoms with Crippen molar-refractivity contribution < 1.29 is 17.9 Å². The van der Waals surface area contributed by atoms with E-state index in [1.807, 2.05) is 30.3 Å². The molecule has 0 radical (unpaired) electrons. The van der Waals surface area contributed by atoms with Gasteiger partial charge in [0.1, 0.15) is 5.75 Å². The lowest BCUT2D eigenvalue weighted by molar-refractivity contribution is -0.121. The Hall–Kier alpha value is -2.38. The maximum Gasteiger partial charge on any atom is 0.240 e. The summed E-state index contributed by atoms with van der Waals surface area (Å²) in [5.41, 5.74) is 0.960. The van der Waals surface area contributed by atoms with Crippen molar-refractivity contribution in [2.24, 2.45) is 0 Å². The van der Waals surface area contributed by atoms with Crippen LogP contribution < -0.4 is 14.8 Å². The van der Waals surface area contributed by atoms with Crippen molar-refractivity contribution in [3.05, 3.63) is 60.2 Å². The minimum absolute atomic E-state index is 0.0766. The Kier molecular flexibility index (Phi) is 7.62. The molecular weight excluding hydrogens is 352 g/mol. The lowest BCUT2D eigenvalue weighted by Gasteiger charge is -2.08. The van der Waals surface area contributed by atoms with Crippen LogP contribution in [0.2, 0.25) is 0 Å². The van der Waals surface area contributed by atoms with Gasteiger partial charge in [-0.15, -0.1) is 0 Å². The molecule has 0 aliphatic rings. The second-order valence-electron chi connectivity index (χ2n) is 5.66. The van der Waals surface area contributed by atoms with Crippen LogP contribution in [-0.2, 0) is 21.2 Å². The predicted molar refractivity (Wildman–Crippen MR) is 101 cm³/mol. The number of carbonyl (C=O) groups excluding carboxylic acids is 1. The SMILES string of the molecule is CCNS(=O)(=O)c1ccc(CCNC(=O)CCOc2ccccc2)cc1. The van der Waals surface area contributed by atoms with Crippen LogP contribution in [0.4, 0.5) is 0 Å². The van der Waals surface area contributed by atoms with Gasteiger partial charge in [-0.25, -0.2) is 13.1 Å². The Morgan fingerprint density at radius 1 is 1.04 bits per heavy atom. The Balaban J connectivity index is 1.69. The summed E-state index contributed by atoms with van der Waals surface area (Å²) < 4.78 is 31.7. The highest BCUT2D eigenvalue weighted by Crippen LogP contribution is 2.11. The molecule has 0 aromatic heterocycles. The molecule has 6 nitrogen and oxygen atoms in total. The van der Waals surface area contributed by atoms with Crippen molar-refractivity contribution in [1.29, 1.82) is 0 Å². The van der Waals surface area contributed by atoms with Gasteiger partial charge >= 0.3 is 0 Å². The molecule has 0 atom stereocenters. The fourth-order valence-corrected chi connectivity index (χ4v) is 3.36. The number of hydrogen-bond acceptors (Lipinski definition) is 4. The van der Waals surface area contributed by atoms with E-state index in [-0.39, 0.29) is 17.2 Å². The zero-order valence-corrected chi connectivity index (χ0v) is 15.6. The molecule has 140 valence electrons. The molecule has 2 rings (SSSR count). The summed E-state index contributed by atoms with van der Waals surface area (Å²) >= 11 is 0. The molecule has 2 N–H and O–H groups in total. The van der Waals surface area contributed by atoms with Crippen molar-refractivity contribution in [2.45, 2.75) is 24.7 Å². The van der Waals surface area contributed by atoms with Crippen LogP contribution in [0, 0.1) is 0 Å². The van der Waals surface area contributed by atoms with Crippen LogP contribution in [-0.4, -0.2) is 34.0 Å². The van der Waals surface area contributed by atoms with Gasteiger partial charge in [-0.3, -0.25) is 4.79 Å². The molecule has 0 aliphatic heterocycles. The molecule has 26 heavy (non-hydrogen) atoms. The Labute approximate surface area is 154 Å². The summed E-state index contributed by atoms with van der Waals surface area (Å²) in [4.78, 5) is 12.0. The molecule has 0 fully saturated rings. The van der Waals surface area contributed by atoms with E-state index in [0.29, 0.717) is 26.1 Å². The van der Waals surface area contributed by atoms with Gasteiger partial charge in [0.15, 0.2) is 0 Å². The standard InChI is InChI=1S/C19H24N2O4S/c1-2-21-26(23,24)18-10-8-16(9-11-18)12-14-20-19(22)13-15-25-17-6-4-3-5-7-17/h3-11,21H,2,12-15H2,1H3,(H,20,22). The topological polar surface area (TPSA) is 84.5 Å². The number of amides is 1. The first-order valence-electron chi connectivity index (χ1n) is 8.54. The smallest absolute Gasteiger partial charge is 0.240 e. The second kappa shape index (κ2) is 9.94. The first kappa shape index (κ1) is 19.9. The maximum atomic E-state index is 11.9. The van der Waals surface area contributed by atoms with Gasteiger partial charge in [-0.05, 0) is 36.2 Å². The lowest BCUT2D eigenvalue weighted by Crippen LogP contribution is -2.27. The normalized spacial score (nSPS) is 11.1. The van der Waals surface area contributed by atoms with E-state index in [9.17, 15) is 13.2 Å². The molecule has 0 saturated carbocycles. The van der Waals surface area contributed by atoms with E-state index in [4.69, 9.17) is 4.74 Å². The monoisotopic (exact) mass is 376 g/mol. The summed E-state index contributed by atoms with van der Waals surface area (Å²) in [5, 5.41) is 2.83. The van der Waals surface area contributed by atoms with Gasteiger partial charge in [-0.1, -0.05) is 37.3 Å². The van der Waals surface area contributed by atoms with Crippen LogP contribution in [0.1, 0.15) is 18.9 Å². The van der Waals surface area contributed by atoms with Crippen molar-refractivity contribution in [3.8, 4) is 5.75 Å². The zero-order valence-electron chi connectivity index (χ0n) is 14.8. The van der Waals surface area contributed by atoms with Gasteiger partial charge in [0.2, 0.25) is 15.9 Å². The molecule has 2 aromatic rings. The average molecular weight is 376 g/mol. The summed E-state index contributed by atoms with van der Waals surface area (Å²) in [5.74, 6) is 0.667. The van der Waals surface area contributed by atoms with Gasteiger partial charge in [0, 0.05) is 13.1 Å². The van der Waals surface area contributed by atoms with Crippen molar-refractivity contribution in [3.63, 3.8) is 0 Å². The van der Waals surface area contributed by atoms with Gasteiger partial charge in [0.25, 0.3) is 0 Å². The van der Waals surface area contributed by atoms with E-state index < -0.39 is 10.0 Å². The Morgan fingerprint density at radius 2 is 1.73 bits per heavy atom. The van der Waals surface area contributed by atoms with Crippen molar-refractivity contribution in [1.82, 2.24) is 10.0 Å². The minimum atomic E-state index is -3.43. The van der Waals surface area contributed by atoms with Crippen LogP contribution in [0.5, 0.6) is 5.75 Å². The third-order valence-electron chi connectivity index (χ3n) is 3.64. The highest BCUT2D eigenvalue weighted by molar-refractivity contribution is 7.89. The van der Waals surface area contributed by atoms with Gasteiger partial charge in [-0.2, -0.15) is 0 Å². The summed E-state index contributed by atoms with van der Waals surface area (Å²) in [7, 11) is -3.43. The number of benzene rings is 2. The molecule has 2 aromatic carbocycles. The van der Waals surface area contributed by atoms with Crippen LogP contribution in [0.3, 0.4) is 0 Å². The van der Waals surface area contributed by atoms with E-state index in [0.717, 1.165) is 11.3 Å². The van der Waals surface area contributed by atoms with Crippen LogP contribution in [0.15, 0.2) is 59.5 Å². The highest BCUT2D eigenvalue weighted by atomic mass is 32.2. The summed E-state index contributed by atoms with van der Waals surface area (Å²) in [6.07, 6.45) is 0.918. The van der Waals surface area contributed by atoms with Crippen LogP contribution >= 0.6 is 0 Å². The van der Waals surface area contributed by atoms with Gasteiger partial charge < -0.3 is 10.1 Å². The number of para-hydroxylation sites is 1. The number of rotatable bonds is 10. The number of hydrogen-bond donors (Lipinski definition) is 2.